The number of nitrogens with one attached hydrogen (secondary N) is 1. The average molecular weight is 424 g/mol. The molecule has 0 saturated heterocycles. The highest BCUT2D eigenvalue weighted by Gasteiger charge is 2.15. The number of amides is 1. The summed E-state index contributed by atoms with van der Waals surface area (Å²) >= 11 is 1.10. The second kappa shape index (κ2) is 7.64. The van der Waals surface area contributed by atoms with E-state index in [0.29, 0.717) is 15.8 Å². The Balaban J connectivity index is 1.75. The Bertz CT molecular complexity index is 1160. The van der Waals surface area contributed by atoms with Crippen molar-refractivity contribution in [3.63, 3.8) is 0 Å². The third kappa shape index (κ3) is 4.52. The Kier molecular flexibility index (Phi) is 5.43. The molecule has 0 aliphatic carbocycles. The lowest BCUT2D eigenvalue weighted by Gasteiger charge is -2.06. The van der Waals surface area contributed by atoms with E-state index in [2.05, 4.69) is 21.6 Å². The van der Waals surface area contributed by atoms with Crippen molar-refractivity contribution < 1.29 is 26.7 Å². The van der Waals surface area contributed by atoms with E-state index in [-0.39, 0.29) is 21.3 Å². The molecule has 0 unspecified atom stereocenters. The number of thiazole rings is 1. The maximum atomic E-state index is 12.4. The van der Waals surface area contributed by atoms with Crippen LogP contribution in [0.5, 0.6) is 5.75 Å². The normalized spacial score (nSPS) is 11.6. The fourth-order valence-corrected chi connectivity index (χ4v) is 3.86. The van der Waals surface area contributed by atoms with Gasteiger partial charge in [0.2, 0.25) is 0 Å². The van der Waals surface area contributed by atoms with Crippen molar-refractivity contribution in [1.29, 1.82) is 0 Å². The third-order valence-corrected chi connectivity index (χ3v) is 5.77. The number of alkyl halides is 2. The van der Waals surface area contributed by atoms with Crippen molar-refractivity contribution in [1.82, 2.24) is 4.98 Å². The molecule has 6 nitrogen and oxygen atoms in total. The van der Waals surface area contributed by atoms with Gasteiger partial charge in [-0.3, -0.25) is 10.1 Å². The number of hydrogen-bond acceptors (Lipinski definition) is 6. The number of fused-ring (bicyclic) bond motifs is 1. The van der Waals surface area contributed by atoms with Gasteiger partial charge in [-0.2, -0.15) is 8.78 Å². The predicted octanol–water partition coefficient (Wildman–Crippen LogP) is 3.95. The number of sulfone groups is 1. The zero-order valence-corrected chi connectivity index (χ0v) is 16.1. The average Bonchev–Trinajstić information content (AvgIpc) is 3.01. The molecule has 0 aliphatic rings. The molecule has 10 heteroatoms. The summed E-state index contributed by atoms with van der Waals surface area (Å²) in [5, 5.41) is 2.86. The largest absolute Gasteiger partial charge is 0.435 e. The molecule has 146 valence electrons. The van der Waals surface area contributed by atoms with Gasteiger partial charge in [-0.1, -0.05) is 30.0 Å². The van der Waals surface area contributed by atoms with Gasteiger partial charge in [0.15, 0.2) is 15.0 Å². The van der Waals surface area contributed by atoms with Crippen LogP contribution in [-0.2, 0) is 14.6 Å². The van der Waals surface area contributed by atoms with Gasteiger partial charge in [0.1, 0.15) is 5.75 Å². The van der Waals surface area contributed by atoms with Crippen molar-refractivity contribution in [3.05, 3.63) is 54.6 Å². The second-order valence-corrected chi connectivity index (χ2v) is 8.80. The molecular formula is C18H14F2N2O4S2. The molecule has 1 amide bonds. The monoisotopic (exact) mass is 424 g/mol. The van der Waals surface area contributed by atoms with Crippen LogP contribution in [0.15, 0.2) is 53.9 Å². The molecule has 0 radical (unpaired) electrons. The molecule has 0 aliphatic heterocycles. The third-order valence-electron chi connectivity index (χ3n) is 3.71. The molecule has 2 aromatic carbocycles. The first kappa shape index (κ1) is 19.9. The number of carbonyl (C=O) groups is 1. The first-order chi connectivity index (χ1) is 13.1. The molecule has 0 atom stereocenters. The van der Waals surface area contributed by atoms with E-state index in [1.165, 1.54) is 42.5 Å². The van der Waals surface area contributed by atoms with Gasteiger partial charge in [0.25, 0.3) is 5.91 Å². The number of ether oxygens (including phenoxy) is 1. The summed E-state index contributed by atoms with van der Waals surface area (Å²) in [6, 6.07) is 10.1. The number of hydrogen-bond donors (Lipinski definition) is 1. The number of benzene rings is 2. The van der Waals surface area contributed by atoms with Crippen LogP contribution in [0.3, 0.4) is 0 Å². The van der Waals surface area contributed by atoms with Gasteiger partial charge in [0.05, 0.1) is 15.1 Å². The van der Waals surface area contributed by atoms with Gasteiger partial charge in [-0.25, -0.2) is 13.4 Å². The Morgan fingerprint density at radius 3 is 2.50 bits per heavy atom. The maximum absolute atomic E-state index is 12.4. The number of carbonyl (C=O) groups excluding carboxylic acids is 1. The van der Waals surface area contributed by atoms with Crippen LogP contribution in [0.4, 0.5) is 13.9 Å². The van der Waals surface area contributed by atoms with Crippen LogP contribution in [-0.4, -0.2) is 32.2 Å². The minimum Gasteiger partial charge on any atom is -0.435 e. The van der Waals surface area contributed by atoms with E-state index < -0.39 is 22.4 Å². The highest BCUT2D eigenvalue weighted by atomic mass is 32.2. The van der Waals surface area contributed by atoms with Crippen molar-refractivity contribution in [2.45, 2.75) is 11.5 Å². The molecule has 3 rings (SSSR count). The summed E-state index contributed by atoms with van der Waals surface area (Å²) in [5.41, 5.74) is 1.10. The van der Waals surface area contributed by atoms with E-state index >= 15 is 0 Å². The Morgan fingerprint density at radius 2 is 1.89 bits per heavy atom. The minimum atomic E-state index is -3.34. The Morgan fingerprint density at radius 1 is 1.21 bits per heavy atom. The van der Waals surface area contributed by atoms with Crippen molar-refractivity contribution in [2.24, 2.45) is 0 Å². The van der Waals surface area contributed by atoms with Gasteiger partial charge in [-0.05, 0) is 35.9 Å². The van der Waals surface area contributed by atoms with Crippen LogP contribution in [0.25, 0.3) is 15.8 Å². The van der Waals surface area contributed by atoms with Crippen LogP contribution in [0.1, 0.15) is 5.56 Å². The fourth-order valence-electron chi connectivity index (χ4n) is 2.34. The summed E-state index contributed by atoms with van der Waals surface area (Å²) in [7, 11) is -3.34. The molecule has 0 saturated carbocycles. The lowest BCUT2D eigenvalue weighted by Crippen LogP contribution is -2.12. The second-order valence-electron chi connectivity index (χ2n) is 5.76. The lowest BCUT2D eigenvalue weighted by atomic mass is 10.1. The number of halogens is 2. The quantitative estimate of drug-likeness (QED) is 0.606. The Labute approximate surface area is 163 Å². The van der Waals surface area contributed by atoms with Gasteiger partial charge < -0.3 is 4.74 Å². The van der Waals surface area contributed by atoms with Crippen LogP contribution < -0.4 is 10.1 Å². The van der Waals surface area contributed by atoms with Crippen molar-refractivity contribution in [2.75, 3.05) is 11.6 Å². The molecule has 1 N–H and O–H groups in total. The van der Waals surface area contributed by atoms with Crippen LogP contribution >= 0.6 is 11.3 Å². The standard InChI is InChI=1S/C18H14F2N2O4S2/c1-10(11-3-6-13(7-4-11)28(2,24)25)16(23)22-18-21-14-8-5-12(26-17(19)20)9-15(14)27-18/h3-9,17H,1H2,2H3,(H,21,22,23). The molecule has 1 heterocycles. The zero-order valence-electron chi connectivity index (χ0n) is 14.5. The topological polar surface area (TPSA) is 85.4 Å². The van der Waals surface area contributed by atoms with Crippen LogP contribution in [0.2, 0.25) is 0 Å². The van der Waals surface area contributed by atoms with Crippen molar-refractivity contribution in [3.8, 4) is 5.75 Å². The number of rotatable bonds is 6. The van der Waals surface area contributed by atoms with E-state index in [1.54, 1.807) is 0 Å². The van der Waals surface area contributed by atoms with E-state index in [0.717, 1.165) is 17.6 Å². The molecule has 0 fully saturated rings. The Hall–Kier alpha value is -2.85. The molecule has 3 aromatic rings. The van der Waals surface area contributed by atoms with Crippen LogP contribution in [0, 0.1) is 0 Å². The minimum absolute atomic E-state index is 0.000553. The predicted molar refractivity (Wildman–Crippen MR) is 103 cm³/mol. The fraction of sp³-hybridized carbons (Fsp3) is 0.111. The van der Waals surface area contributed by atoms with E-state index in [1.807, 2.05) is 0 Å². The lowest BCUT2D eigenvalue weighted by molar-refractivity contribution is -0.111. The van der Waals surface area contributed by atoms with Gasteiger partial charge in [0, 0.05) is 11.8 Å². The van der Waals surface area contributed by atoms with E-state index in [4.69, 9.17) is 0 Å². The first-order valence-electron chi connectivity index (χ1n) is 7.79. The summed E-state index contributed by atoms with van der Waals surface area (Å²) < 4.78 is 52.5. The molecular weight excluding hydrogens is 410 g/mol. The van der Waals surface area contributed by atoms with E-state index in [9.17, 15) is 22.0 Å². The smallest absolute Gasteiger partial charge is 0.387 e. The highest BCUT2D eigenvalue weighted by molar-refractivity contribution is 7.90. The maximum Gasteiger partial charge on any atom is 0.387 e. The van der Waals surface area contributed by atoms with Gasteiger partial charge >= 0.3 is 6.61 Å². The molecule has 1 aromatic heterocycles. The summed E-state index contributed by atoms with van der Waals surface area (Å²) in [6.45, 7) is 0.797. The molecule has 0 bridgehead atoms. The first-order valence-corrected chi connectivity index (χ1v) is 10.5. The molecule has 0 spiro atoms. The molecule has 28 heavy (non-hydrogen) atoms. The van der Waals surface area contributed by atoms with Crippen molar-refractivity contribution >= 4 is 48.0 Å². The zero-order chi connectivity index (χ0) is 20.5. The van der Waals surface area contributed by atoms with Gasteiger partial charge in [-0.15, -0.1) is 0 Å². The SMILES string of the molecule is C=C(C(=O)Nc1nc2ccc(OC(F)F)cc2s1)c1ccc(S(C)(=O)=O)cc1. The summed E-state index contributed by atoms with van der Waals surface area (Å²) in [5.74, 6) is -0.519. The summed E-state index contributed by atoms with van der Waals surface area (Å²) in [6.07, 6.45) is 1.09. The summed E-state index contributed by atoms with van der Waals surface area (Å²) in [4.78, 5) is 16.8. The number of anilines is 1. The highest BCUT2D eigenvalue weighted by Crippen LogP contribution is 2.30. The number of aromatic nitrogens is 1. The number of nitrogens with zero attached hydrogens (tertiary/aromatic N) is 1.